The number of carboxylic acid groups (broad SMARTS) is 1. The molecule has 1 aromatic carbocycles. The SMILES string of the molecule is CCCCCCCCCCCCCCCCOC(=O)c1ccc(CCCC)c(CCCC)c1C(=O)O. The molecule has 36 heavy (non-hydrogen) atoms. The number of carboxylic acids is 1. The molecule has 0 aliphatic heterocycles. The summed E-state index contributed by atoms with van der Waals surface area (Å²) in [6.07, 6.45) is 23.5. The van der Waals surface area contributed by atoms with E-state index in [1.807, 2.05) is 6.07 Å². The largest absolute Gasteiger partial charge is 0.478 e. The second-order valence-corrected chi connectivity index (χ2v) is 10.4. The first-order valence-corrected chi connectivity index (χ1v) is 15.1. The smallest absolute Gasteiger partial charge is 0.339 e. The topological polar surface area (TPSA) is 63.6 Å². The maximum absolute atomic E-state index is 12.8. The Balaban J connectivity index is 2.35. The fraction of sp³-hybridized carbons (Fsp3) is 0.750. The van der Waals surface area contributed by atoms with Gasteiger partial charge in [0, 0.05) is 0 Å². The lowest BCUT2D eigenvalue weighted by atomic mass is 9.90. The molecule has 4 nitrogen and oxygen atoms in total. The Labute approximate surface area is 221 Å². The molecule has 0 spiro atoms. The van der Waals surface area contributed by atoms with Gasteiger partial charge in [0.25, 0.3) is 0 Å². The monoisotopic (exact) mass is 502 g/mol. The van der Waals surface area contributed by atoms with Gasteiger partial charge in [-0.05, 0) is 49.3 Å². The van der Waals surface area contributed by atoms with Gasteiger partial charge < -0.3 is 9.84 Å². The number of aromatic carboxylic acids is 1. The molecule has 0 fully saturated rings. The van der Waals surface area contributed by atoms with Crippen molar-refractivity contribution in [1.82, 2.24) is 0 Å². The summed E-state index contributed by atoms with van der Waals surface area (Å²) in [6, 6.07) is 3.60. The molecular formula is C32H54O4. The van der Waals surface area contributed by atoms with Gasteiger partial charge in [-0.25, -0.2) is 9.59 Å². The van der Waals surface area contributed by atoms with Gasteiger partial charge in [0.2, 0.25) is 0 Å². The summed E-state index contributed by atoms with van der Waals surface area (Å²) in [7, 11) is 0. The third-order valence-electron chi connectivity index (χ3n) is 7.15. The quantitative estimate of drug-likeness (QED) is 0.119. The molecule has 0 saturated carbocycles. The fourth-order valence-electron chi connectivity index (χ4n) is 4.89. The van der Waals surface area contributed by atoms with Crippen LogP contribution in [0.5, 0.6) is 0 Å². The van der Waals surface area contributed by atoms with Gasteiger partial charge in [-0.3, -0.25) is 0 Å². The van der Waals surface area contributed by atoms with Crippen LogP contribution in [0.4, 0.5) is 0 Å². The average molecular weight is 503 g/mol. The van der Waals surface area contributed by atoms with E-state index in [2.05, 4.69) is 20.8 Å². The first-order chi connectivity index (χ1) is 17.6. The highest BCUT2D eigenvalue weighted by Crippen LogP contribution is 2.25. The van der Waals surface area contributed by atoms with E-state index in [4.69, 9.17) is 4.74 Å². The van der Waals surface area contributed by atoms with Crippen LogP contribution in [0, 0.1) is 0 Å². The molecule has 0 aliphatic rings. The van der Waals surface area contributed by atoms with Crippen LogP contribution in [-0.4, -0.2) is 23.7 Å². The molecule has 206 valence electrons. The molecule has 0 heterocycles. The number of unbranched alkanes of at least 4 members (excludes halogenated alkanes) is 15. The number of esters is 1. The third kappa shape index (κ3) is 13.5. The van der Waals surface area contributed by atoms with Gasteiger partial charge in [0.1, 0.15) is 0 Å². The fourth-order valence-corrected chi connectivity index (χ4v) is 4.89. The van der Waals surface area contributed by atoms with Crippen molar-refractivity contribution in [3.05, 3.63) is 34.4 Å². The van der Waals surface area contributed by atoms with Crippen LogP contribution < -0.4 is 0 Å². The Morgan fingerprint density at radius 2 is 1.11 bits per heavy atom. The summed E-state index contributed by atoms with van der Waals surface area (Å²) >= 11 is 0. The highest BCUT2D eigenvalue weighted by Gasteiger charge is 2.23. The predicted molar refractivity (Wildman–Crippen MR) is 151 cm³/mol. The van der Waals surface area contributed by atoms with Crippen LogP contribution in [0.15, 0.2) is 12.1 Å². The maximum Gasteiger partial charge on any atom is 0.339 e. The molecule has 0 amide bonds. The van der Waals surface area contributed by atoms with Crippen LogP contribution in [0.1, 0.15) is 168 Å². The van der Waals surface area contributed by atoms with Crippen LogP contribution in [-0.2, 0) is 17.6 Å². The molecule has 4 heteroatoms. The van der Waals surface area contributed by atoms with Crippen molar-refractivity contribution in [3.8, 4) is 0 Å². The van der Waals surface area contributed by atoms with E-state index in [1.54, 1.807) is 6.07 Å². The Morgan fingerprint density at radius 3 is 1.61 bits per heavy atom. The van der Waals surface area contributed by atoms with Crippen molar-refractivity contribution in [1.29, 1.82) is 0 Å². The zero-order valence-electron chi connectivity index (χ0n) is 23.7. The summed E-state index contributed by atoms with van der Waals surface area (Å²) in [6.45, 7) is 6.85. The summed E-state index contributed by atoms with van der Waals surface area (Å²) in [5.74, 6) is -1.52. The second-order valence-electron chi connectivity index (χ2n) is 10.4. The Bertz CT molecular complexity index is 725. The average Bonchev–Trinajstić information content (AvgIpc) is 2.87. The first-order valence-electron chi connectivity index (χ1n) is 15.1. The number of rotatable bonds is 23. The molecule has 0 radical (unpaired) electrons. The molecule has 1 N–H and O–H groups in total. The number of hydrogen-bond donors (Lipinski definition) is 1. The zero-order chi connectivity index (χ0) is 26.4. The van der Waals surface area contributed by atoms with Crippen molar-refractivity contribution in [3.63, 3.8) is 0 Å². The molecule has 0 aromatic heterocycles. The summed E-state index contributed by atoms with van der Waals surface area (Å²) < 4.78 is 5.50. The molecule has 0 saturated heterocycles. The van der Waals surface area contributed by atoms with E-state index in [-0.39, 0.29) is 11.1 Å². The lowest BCUT2D eigenvalue weighted by Gasteiger charge is -2.16. The Kier molecular flexibility index (Phi) is 19.0. The van der Waals surface area contributed by atoms with Crippen LogP contribution in [0.25, 0.3) is 0 Å². The summed E-state index contributed by atoms with van der Waals surface area (Å²) in [4.78, 5) is 24.9. The minimum Gasteiger partial charge on any atom is -0.478 e. The molecule has 0 atom stereocenters. The van der Waals surface area contributed by atoms with Gasteiger partial charge in [-0.1, -0.05) is 123 Å². The number of carbonyl (C=O) groups is 2. The lowest BCUT2D eigenvalue weighted by Crippen LogP contribution is -2.16. The third-order valence-corrected chi connectivity index (χ3v) is 7.15. The van der Waals surface area contributed by atoms with Gasteiger partial charge in [-0.2, -0.15) is 0 Å². The minimum atomic E-state index is -1.03. The zero-order valence-corrected chi connectivity index (χ0v) is 23.7. The van der Waals surface area contributed by atoms with Crippen LogP contribution in [0.3, 0.4) is 0 Å². The number of carbonyl (C=O) groups excluding carboxylic acids is 1. The van der Waals surface area contributed by atoms with E-state index in [1.165, 1.54) is 77.0 Å². The molecular weight excluding hydrogens is 448 g/mol. The lowest BCUT2D eigenvalue weighted by molar-refractivity contribution is 0.0487. The second kappa shape index (κ2) is 21.3. The Morgan fingerprint density at radius 1 is 0.639 bits per heavy atom. The molecule has 0 bridgehead atoms. The van der Waals surface area contributed by atoms with Crippen molar-refractivity contribution in [2.45, 2.75) is 149 Å². The van der Waals surface area contributed by atoms with Gasteiger partial charge in [0.15, 0.2) is 0 Å². The van der Waals surface area contributed by atoms with Gasteiger partial charge >= 0.3 is 11.9 Å². The molecule has 1 aromatic rings. The normalized spacial score (nSPS) is 11.1. The predicted octanol–water partition coefficient (Wildman–Crippen LogP) is 9.71. The standard InChI is InChI=1S/C32H54O4/c1-4-7-10-11-12-13-14-15-16-17-18-19-20-21-26-36-32(35)29-25-24-27(22-8-5-2)28(23-9-6-3)30(29)31(33)34/h24-25H,4-23,26H2,1-3H3,(H,33,34). The molecule has 0 unspecified atom stereocenters. The van der Waals surface area contributed by atoms with Gasteiger partial charge in [0.05, 0.1) is 17.7 Å². The van der Waals surface area contributed by atoms with E-state index in [9.17, 15) is 14.7 Å². The highest BCUT2D eigenvalue weighted by atomic mass is 16.5. The van der Waals surface area contributed by atoms with Crippen molar-refractivity contribution in [2.75, 3.05) is 6.61 Å². The molecule has 1 rings (SSSR count). The minimum absolute atomic E-state index is 0.156. The Hall–Kier alpha value is -1.84. The first kappa shape index (κ1) is 32.2. The highest BCUT2D eigenvalue weighted by molar-refractivity contribution is 6.03. The van der Waals surface area contributed by atoms with Crippen molar-refractivity contribution >= 4 is 11.9 Å². The van der Waals surface area contributed by atoms with Crippen LogP contribution >= 0.6 is 0 Å². The number of benzene rings is 1. The van der Waals surface area contributed by atoms with E-state index in [0.29, 0.717) is 13.0 Å². The summed E-state index contributed by atoms with van der Waals surface area (Å²) in [5.41, 5.74) is 2.25. The van der Waals surface area contributed by atoms with E-state index < -0.39 is 11.9 Å². The molecule has 0 aliphatic carbocycles. The van der Waals surface area contributed by atoms with Crippen molar-refractivity contribution < 1.29 is 19.4 Å². The number of aryl methyl sites for hydroxylation is 1. The van der Waals surface area contributed by atoms with Crippen molar-refractivity contribution in [2.24, 2.45) is 0 Å². The number of ether oxygens (including phenoxy) is 1. The number of hydrogen-bond acceptors (Lipinski definition) is 3. The summed E-state index contributed by atoms with van der Waals surface area (Å²) in [5, 5.41) is 9.94. The van der Waals surface area contributed by atoms with E-state index >= 15 is 0 Å². The van der Waals surface area contributed by atoms with E-state index in [0.717, 1.165) is 56.1 Å². The maximum atomic E-state index is 12.8. The van der Waals surface area contributed by atoms with Gasteiger partial charge in [-0.15, -0.1) is 0 Å². The van der Waals surface area contributed by atoms with Crippen LogP contribution in [0.2, 0.25) is 0 Å².